The molecule has 24 heavy (non-hydrogen) atoms. The highest BCUT2D eigenvalue weighted by atomic mass is 16.5. The number of aliphatic imine (C=N–C) groups is 1. The quantitative estimate of drug-likeness (QED) is 0.637. The highest BCUT2D eigenvalue weighted by molar-refractivity contribution is 5.97. The van der Waals surface area contributed by atoms with Gasteiger partial charge in [-0.3, -0.25) is 10.1 Å². The first-order chi connectivity index (χ1) is 11.4. The molecule has 2 aromatic rings. The Labute approximate surface area is 137 Å². The third kappa shape index (κ3) is 5.05. The van der Waals surface area contributed by atoms with Crippen molar-refractivity contribution in [3.8, 4) is 11.6 Å². The molecule has 0 aliphatic heterocycles. The SMILES string of the molecule is CN(C)C=NC(=O)c1cc(Oc2cccc(NC(=O)O)c2)ncn1. The maximum atomic E-state index is 11.9. The van der Waals surface area contributed by atoms with Crippen molar-refractivity contribution >= 4 is 24.0 Å². The fourth-order valence-corrected chi connectivity index (χ4v) is 1.63. The minimum absolute atomic E-state index is 0.0814. The molecule has 1 aromatic heterocycles. The molecule has 1 heterocycles. The molecule has 0 spiro atoms. The Bertz CT molecular complexity index is 776. The third-order valence-electron chi connectivity index (χ3n) is 2.57. The summed E-state index contributed by atoms with van der Waals surface area (Å²) >= 11 is 0. The molecule has 0 atom stereocenters. The first kappa shape index (κ1) is 16.9. The van der Waals surface area contributed by atoms with Crippen LogP contribution in [0.2, 0.25) is 0 Å². The summed E-state index contributed by atoms with van der Waals surface area (Å²) in [5.74, 6) is -0.0340. The van der Waals surface area contributed by atoms with Gasteiger partial charge in [-0.05, 0) is 12.1 Å². The van der Waals surface area contributed by atoms with Crippen molar-refractivity contribution in [2.24, 2.45) is 4.99 Å². The number of nitrogens with zero attached hydrogens (tertiary/aromatic N) is 4. The zero-order valence-electron chi connectivity index (χ0n) is 13.0. The Balaban J connectivity index is 2.15. The summed E-state index contributed by atoms with van der Waals surface area (Å²) in [6.45, 7) is 0. The van der Waals surface area contributed by atoms with Gasteiger partial charge in [0.1, 0.15) is 17.8 Å². The summed E-state index contributed by atoms with van der Waals surface area (Å²) < 4.78 is 5.52. The molecule has 0 bridgehead atoms. The lowest BCUT2D eigenvalue weighted by atomic mass is 10.3. The number of benzene rings is 1. The van der Waals surface area contributed by atoms with Gasteiger partial charge >= 0.3 is 6.09 Å². The molecular formula is C15H15N5O4. The summed E-state index contributed by atoms with van der Waals surface area (Å²) in [6, 6.07) is 7.66. The molecule has 2 amide bonds. The Morgan fingerprint density at radius 2 is 2.08 bits per heavy atom. The number of carbonyl (C=O) groups excluding carboxylic acids is 1. The van der Waals surface area contributed by atoms with Gasteiger partial charge in [-0.1, -0.05) is 6.07 Å². The molecule has 0 aliphatic rings. The van der Waals surface area contributed by atoms with Crippen molar-refractivity contribution in [2.75, 3.05) is 19.4 Å². The summed E-state index contributed by atoms with van der Waals surface area (Å²) in [7, 11) is 3.48. The Hall–Kier alpha value is -3.49. The van der Waals surface area contributed by atoms with Gasteiger partial charge < -0.3 is 14.7 Å². The van der Waals surface area contributed by atoms with E-state index in [9.17, 15) is 9.59 Å². The van der Waals surface area contributed by atoms with Crippen molar-refractivity contribution in [1.82, 2.24) is 14.9 Å². The summed E-state index contributed by atoms with van der Waals surface area (Å²) in [5, 5.41) is 10.9. The largest absolute Gasteiger partial charge is 0.465 e. The first-order valence-electron chi connectivity index (χ1n) is 6.79. The Morgan fingerprint density at radius 3 is 2.79 bits per heavy atom. The van der Waals surface area contributed by atoms with Crippen LogP contribution in [-0.4, -0.2) is 52.4 Å². The predicted molar refractivity (Wildman–Crippen MR) is 86.7 cm³/mol. The maximum Gasteiger partial charge on any atom is 0.409 e. The van der Waals surface area contributed by atoms with Crippen LogP contribution in [0.4, 0.5) is 10.5 Å². The van der Waals surface area contributed by atoms with Crippen molar-refractivity contribution in [3.05, 3.63) is 42.4 Å². The van der Waals surface area contributed by atoms with Gasteiger partial charge in [0.05, 0.1) is 6.34 Å². The Kier molecular flexibility index (Phi) is 5.40. The van der Waals surface area contributed by atoms with Gasteiger partial charge in [0.2, 0.25) is 5.88 Å². The molecule has 0 saturated heterocycles. The summed E-state index contributed by atoms with van der Waals surface area (Å²) in [4.78, 5) is 35.6. The molecular weight excluding hydrogens is 314 g/mol. The van der Waals surface area contributed by atoms with Crippen LogP contribution in [0.15, 0.2) is 41.7 Å². The molecule has 0 aliphatic carbocycles. The van der Waals surface area contributed by atoms with E-state index in [1.54, 1.807) is 37.2 Å². The molecule has 2 rings (SSSR count). The Morgan fingerprint density at radius 1 is 1.29 bits per heavy atom. The van der Waals surface area contributed by atoms with E-state index in [0.717, 1.165) is 0 Å². The number of nitrogens with one attached hydrogen (secondary N) is 1. The topological polar surface area (TPSA) is 117 Å². The smallest absolute Gasteiger partial charge is 0.409 e. The van der Waals surface area contributed by atoms with E-state index >= 15 is 0 Å². The second-order valence-electron chi connectivity index (χ2n) is 4.81. The number of anilines is 1. The second kappa shape index (κ2) is 7.68. The van der Waals surface area contributed by atoms with Gasteiger partial charge in [0.15, 0.2) is 0 Å². The summed E-state index contributed by atoms with van der Waals surface area (Å²) in [6.07, 6.45) is 1.37. The molecule has 124 valence electrons. The molecule has 9 heteroatoms. The fraction of sp³-hybridized carbons (Fsp3) is 0.133. The number of hydrogen-bond donors (Lipinski definition) is 2. The molecule has 9 nitrogen and oxygen atoms in total. The lowest BCUT2D eigenvalue weighted by Gasteiger charge is -2.07. The van der Waals surface area contributed by atoms with Gasteiger partial charge in [0.25, 0.3) is 5.91 Å². The van der Waals surface area contributed by atoms with Crippen LogP contribution < -0.4 is 10.1 Å². The van der Waals surface area contributed by atoms with E-state index < -0.39 is 12.0 Å². The van der Waals surface area contributed by atoms with Crippen molar-refractivity contribution in [1.29, 1.82) is 0 Å². The van der Waals surface area contributed by atoms with Crippen molar-refractivity contribution in [2.45, 2.75) is 0 Å². The van der Waals surface area contributed by atoms with Gasteiger partial charge in [0, 0.05) is 31.9 Å². The van der Waals surface area contributed by atoms with Crippen LogP contribution in [0.3, 0.4) is 0 Å². The highest BCUT2D eigenvalue weighted by Crippen LogP contribution is 2.23. The van der Waals surface area contributed by atoms with E-state index in [1.165, 1.54) is 24.8 Å². The number of carboxylic acid groups (broad SMARTS) is 1. The zero-order chi connectivity index (χ0) is 17.5. The maximum absolute atomic E-state index is 11.9. The normalized spacial score (nSPS) is 10.4. The fourth-order valence-electron chi connectivity index (χ4n) is 1.63. The van der Waals surface area contributed by atoms with E-state index in [2.05, 4.69) is 20.3 Å². The summed E-state index contributed by atoms with van der Waals surface area (Å²) in [5.41, 5.74) is 0.429. The minimum atomic E-state index is -1.18. The minimum Gasteiger partial charge on any atom is -0.465 e. The molecule has 0 saturated carbocycles. The second-order valence-corrected chi connectivity index (χ2v) is 4.81. The van der Waals surface area contributed by atoms with E-state index in [1.807, 2.05) is 0 Å². The molecule has 1 aromatic carbocycles. The number of aromatic nitrogens is 2. The average molecular weight is 329 g/mol. The molecule has 0 fully saturated rings. The van der Waals surface area contributed by atoms with E-state index in [-0.39, 0.29) is 11.6 Å². The average Bonchev–Trinajstić information content (AvgIpc) is 2.52. The van der Waals surface area contributed by atoms with Crippen LogP contribution >= 0.6 is 0 Å². The van der Waals surface area contributed by atoms with Gasteiger partial charge in [-0.25, -0.2) is 14.8 Å². The first-order valence-corrected chi connectivity index (χ1v) is 6.79. The van der Waals surface area contributed by atoms with Crippen molar-refractivity contribution in [3.63, 3.8) is 0 Å². The number of carbonyl (C=O) groups is 2. The van der Waals surface area contributed by atoms with E-state index in [0.29, 0.717) is 11.4 Å². The van der Waals surface area contributed by atoms with Crippen LogP contribution in [0.1, 0.15) is 10.5 Å². The van der Waals surface area contributed by atoms with Gasteiger partial charge in [-0.15, -0.1) is 0 Å². The van der Waals surface area contributed by atoms with Crippen LogP contribution in [0.25, 0.3) is 0 Å². The van der Waals surface area contributed by atoms with Crippen molar-refractivity contribution < 1.29 is 19.4 Å². The van der Waals surface area contributed by atoms with Crippen LogP contribution in [0.5, 0.6) is 11.6 Å². The monoisotopic (exact) mass is 329 g/mol. The molecule has 2 N–H and O–H groups in total. The number of rotatable bonds is 5. The standard InChI is InChI=1S/C15H15N5O4/c1-20(2)9-18-14(21)12-7-13(17-8-16-12)24-11-5-3-4-10(6-11)19-15(22)23/h3-9,19H,1-2H3,(H,22,23). The lowest BCUT2D eigenvalue weighted by Crippen LogP contribution is -2.10. The van der Waals surface area contributed by atoms with Crippen LogP contribution in [0, 0.1) is 0 Å². The predicted octanol–water partition coefficient (Wildman–Crippen LogP) is 2.09. The highest BCUT2D eigenvalue weighted by Gasteiger charge is 2.09. The third-order valence-corrected chi connectivity index (χ3v) is 2.57. The van der Waals surface area contributed by atoms with Crippen LogP contribution in [-0.2, 0) is 0 Å². The lowest BCUT2D eigenvalue weighted by molar-refractivity contribution is 0.0997. The molecule has 0 radical (unpaired) electrons. The molecule has 0 unspecified atom stereocenters. The number of amides is 2. The zero-order valence-corrected chi connectivity index (χ0v) is 13.0. The number of ether oxygens (including phenoxy) is 1. The van der Waals surface area contributed by atoms with Gasteiger partial charge in [-0.2, -0.15) is 4.99 Å². The van der Waals surface area contributed by atoms with E-state index in [4.69, 9.17) is 9.84 Å². The number of hydrogen-bond acceptors (Lipinski definition) is 5.